The number of aryl methyl sites for hydroxylation is 1. The summed E-state index contributed by atoms with van der Waals surface area (Å²) in [5.74, 6) is -0.366. The monoisotopic (exact) mass is 386 g/mol. The van der Waals surface area contributed by atoms with Crippen molar-refractivity contribution < 1.29 is 9.18 Å². The highest BCUT2D eigenvalue weighted by molar-refractivity contribution is 7.16. The molecule has 1 saturated heterocycles. The third-order valence-electron chi connectivity index (χ3n) is 4.81. The number of aromatic nitrogens is 2. The van der Waals surface area contributed by atoms with E-state index in [4.69, 9.17) is 0 Å². The van der Waals surface area contributed by atoms with E-state index in [0.29, 0.717) is 29.9 Å². The van der Waals surface area contributed by atoms with Crippen LogP contribution in [0.15, 0.2) is 46.8 Å². The fraction of sp³-hybridized carbons (Fsp3) is 0.316. The maximum atomic E-state index is 13.6. The van der Waals surface area contributed by atoms with E-state index < -0.39 is 0 Å². The van der Waals surface area contributed by atoms with Gasteiger partial charge in [0.2, 0.25) is 5.91 Å². The summed E-state index contributed by atoms with van der Waals surface area (Å²) >= 11 is 1.42. The predicted octanol–water partition coefficient (Wildman–Crippen LogP) is 2.16. The van der Waals surface area contributed by atoms with Crippen molar-refractivity contribution in [2.45, 2.75) is 19.0 Å². The fourth-order valence-corrected chi connectivity index (χ4v) is 4.15. The number of thiophene rings is 1. The van der Waals surface area contributed by atoms with Gasteiger partial charge in [-0.2, -0.15) is 0 Å². The molecule has 1 aliphatic heterocycles. The maximum Gasteiger partial charge on any atom is 0.262 e. The number of nitrogens with one attached hydrogen (secondary N) is 1. The third-order valence-corrected chi connectivity index (χ3v) is 5.63. The van der Waals surface area contributed by atoms with Crippen molar-refractivity contribution in [3.05, 3.63) is 63.8 Å². The maximum absolute atomic E-state index is 13.6. The van der Waals surface area contributed by atoms with Gasteiger partial charge in [-0.05, 0) is 29.1 Å². The van der Waals surface area contributed by atoms with Crippen LogP contribution in [0, 0.1) is 5.82 Å². The number of benzene rings is 1. The molecule has 0 saturated carbocycles. The number of fused-ring (bicyclic) bond motifs is 1. The standard InChI is InChI=1S/C19H19FN4O2S/c20-14-3-1-2-13(10-14)16-11-21-6-8-24(16)17(25)4-7-23-12-22-18-15(19(23)26)5-9-27-18/h1-3,5,9-10,12,16,21H,4,6-8,11H2. The molecular weight excluding hydrogens is 367 g/mol. The van der Waals surface area contributed by atoms with Crippen LogP contribution in [-0.4, -0.2) is 40.0 Å². The Balaban J connectivity index is 1.50. The van der Waals surface area contributed by atoms with Gasteiger partial charge in [-0.3, -0.25) is 14.2 Å². The number of nitrogens with zero attached hydrogens (tertiary/aromatic N) is 3. The number of rotatable bonds is 4. The third kappa shape index (κ3) is 3.63. The van der Waals surface area contributed by atoms with Gasteiger partial charge in [0.15, 0.2) is 0 Å². The summed E-state index contributed by atoms with van der Waals surface area (Å²) < 4.78 is 15.1. The molecule has 2 aromatic heterocycles. The van der Waals surface area contributed by atoms with Crippen molar-refractivity contribution in [2.24, 2.45) is 0 Å². The molecule has 1 amide bonds. The molecule has 8 heteroatoms. The van der Waals surface area contributed by atoms with E-state index in [0.717, 1.165) is 5.56 Å². The Morgan fingerprint density at radius 2 is 2.26 bits per heavy atom. The molecule has 0 spiro atoms. The van der Waals surface area contributed by atoms with E-state index in [9.17, 15) is 14.0 Å². The molecule has 0 radical (unpaired) electrons. The van der Waals surface area contributed by atoms with Crippen molar-refractivity contribution in [1.29, 1.82) is 0 Å². The second kappa shape index (κ2) is 7.58. The number of amides is 1. The smallest absolute Gasteiger partial charge is 0.262 e. The average molecular weight is 386 g/mol. The first-order chi connectivity index (χ1) is 13.1. The number of hydrogen-bond acceptors (Lipinski definition) is 5. The molecule has 1 aliphatic rings. The van der Waals surface area contributed by atoms with Gasteiger partial charge in [-0.1, -0.05) is 12.1 Å². The highest BCUT2D eigenvalue weighted by atomic mass is 32.1. The normalized spacial score (nSPS) is 17.4. The lowest BCUT2D eigenvalue weighted by Crippen LogP contribution is -2.49. The van der Waals surface area contributed by atoms with E-state index >= 15 is 0 Å². The Labute approximate surface area is 159 Å². The van der Waals surface area contributed by atoms with E-state index in [1.807, 2.05) is 11.4 Å². The quantitative estimate of drug-likeness (QED) is 0.746. The second-order valence-electron chi connectivity index (χ2n) is 6.49. The first-order valence-corrected chi connectivity index (χ1v) is 9.70. The van der Waals surface area contributed by atoms with Gasteiger partial charge in [0.05, 0.1) is 17.8 Å². The molecule has 140 valence electrons. The average Bonchev–Trinajstić information content (AvgIpc) is 3.17. The zero-order valence-electron chi connectivity index (χ0n) is 14.6. The Kier molecular flexibility index (Phi) is 5.00. The minimum atomic E-state index is -0.313. The topological polar surface area (TPSA) is 67.2 Å². The van der Waals surface area contributed by atoms with Gasteiger partial charge < -0.3 is 10.2 Å². The van der Waals surface area contributed by atoms with Crippen LogP contribution in [0.5, 0.6) is 0 Å². The van der Waals surface area contributed by atoms with Crippen molar-refractivity contribution in [3.8, 4) is 0 Å². The van der Waals surface area contributed by atoms with Crippen LogP contribution in [0.3, 0.4) is 0 Å². The Hall–Kier alpha value is -2.58. The highest BCUT2D eigenvalue weighted by Crippen LogP contribution is 2.23. The van der Waals surface area contributed by atoms with Crippen LogP contribution in [0.25, 0.3) is 10.2 Å². The summed E-state index contributed by atoms with van der Waals surface area (Å²) in [5, 5.41) is 5.67. The molecule has 27 heavy (non-hydrogen) atoms. The largest absolute Gasteiger partial charge is 0.333 e. The second-order valence-corrected chi connectivity index (χ2v) is 7.39. The van der Waals surface area contributed by atoms with Crippen LogP contribution in [0.1, 0.15) is 18.0 Å². The molecule has 0 aliphatic carbocycles. The van der Waals surface area contributed by atoms with E-state index in [1.54, 1.807) is 17.0 Å². The van der Waals surface area contributed by atoms with Gasteiger partial charge in [-0.25, -0.2) is 9.37 Å². The first kappa shape index (κ1) is 17.8. The molecule has 1 N–H and O–H groups in total. The molecule has 0 bridgehead atoms. The number of carbonyl (C=O) groups is 1. The summed E-state index contributed by atoms with van der Waals surface area (Å²) in [7, 11) is 0. The molecule has 3 heterocycles. The van der Waals surface area contributed by atoms with Crippen molar-refractivity contribution in [3.63, 3.8) is 0 Å². The summed E-state index contributed by atoms with van der Waals surface area (Å²) in [6, 6.07) is 7.90. The number of carbonyl (C=O) groups excluding carboxylic acids is 1. The lowest BCUT2D eigenvalue weighted by molar-refractivity contribution is -0.134. The molecule has 4 rings (SSSR count). The highest BCUT2D eigenvalue weighted by Gasteiger charge is 2.27. The first-order valence-electron chi connectivity index (χ1n) is 8.82. The molecule has 6 nitrogen and oxygen atoms in total. The molecule has 1 aromatic carbocycles. The molecular formula is C19H19FN4O2S. The zero-order chi connectivity index (χ0) is 18.8. The Morgan fingerprint density at radius 1 is 1.37 bits per heavy atom. The zero-order valence-corrected chi connectivity index (χ0v) is 15.4. The van der Waals surface area contributed by atoms with Crippen LogP contribution < -0.4 is 10.9 Å². The predicted molar refractivity (Wildman–Crippen MR) is 102 cm³/mol. The number of hydrogen-bond donors (Lipinski definition) is 1. The summed E-state index contributed by atoms with van der Waals surface area (Å²) in [4.78, 5) is 32.0. The van der Waals surface area contributed by atoms with E-state index in [2.05, 4.69) is 10.3 Å². The summed E-state index contributed by atoms with van der Waals surface area (Å²) in [6.45, 7) is 2.10. The molecule has 3 aromatic rings. The van der Waals surface area contributed by atoms with Gasteiger partial charge in [0, 0.05) is 32.6 Å². The van der Waals surface area contributed by atoms with Crippen molar-refractivity contribution in [1.82, 2.24) is 19.8 Å². The lowest BCUT2D eigenvalue weighted by atomic mass is 10.0. The van der Waals surface area contributed by atoms with Gasteiger partial charge in [0.25, 0.3) is 5.56 Å². The van der Waals surface area contributed by atoms with Gasteiger partial charge in [-0.15, -0.1) is 11.3 Å². The Morgan fingerprint density at radius 3 is 3.11 bits per heavy atom. The van der Waals surface area contributed by atoms with Crippen LogP contribution in [0.4, 0.5) is 4.39 Å². The number of halogens is 1. The Bertz CT molecular complexity index is 1030. The van der Waals surface area contributed by atoms with E-state index in [-0.39, 0.29) is 36.3 Å². The minimum absolute atomic E-state index is 0.0527. The number of piperazine rings is 1. The molecule has 1 unspecified atom stereocenters. The lowest BCUT2D eigenvalue weighted by Gasteiger charge is -2.36. The van der Waals surface area contributed by atoms with Gasteiger partial charge >= 0.3 is 0 Å². The van der Waals surface area contributed by atoms with Crippen molar-refractivity contribution in [2.75, 3.05) is 19.6 Å². The molecule has 1 fully saturated rings. The SMILES string of the molecule is O=C(CCn1cnc2sccc2c1=O)N1CCNCC1c1cccc(F)c1. The van der Waals surface area contributed by atoms with Crippen molar-refractivity contribution >= 4 is 27.5 Å². The van der Waals surface area contributed by atoms with E-state index in [1.165, 1.54) is 34.4 Å². The van der Waals surface area contributed by atoms with Crippen LogP contribution in [0.2, 0.25) is 0 Å². The van der Waals surface area contributed by atoms with Crippen LogP contribution >= 0.6 is 11.3 Å². The van der Waals surface area contributed by atoms with Crippen LogP contribution in [-0.2, 0) is 11.3 Å². The summed E-state index contributed by atoms with van der Waals surface area (Å²) in [5.41, 5.74) is 0.644. The fourth-order valence-electron chi connectivity index (χ4n) is 3.43. The van der Waals surface area contributed by atoms with Gasteiger partial charge in [0.1, 0.15) is 10.6 Å². The summed E-state index contributed by atoms with van der Waals surface area (Å²) in [6.07, 6.45) is 1.69. The minimum Gasteiger partial charge on any atom is -0.333 e. The molecule has 1 atom stereocenters.